The number of halogens is 1. The van der Waals surface area contributed by atoms with Gasteiger partial charge in [-0.1, -0.05) is 60.7 Å². The van der Waals surface area contributed by atoms with Crippen molar-refractivity contribution in [3.8, 4) is 23.0 Å². The van der Waals surface area contributed by atoms with Crippen LogP contribution in [0.3, 0.4) is 0 Å². The number of aryl methyl sites for hydroxylation is 4. The van der Waals surface area contributed by atoms with Crippen molar-refractivity contribution < 1.29 is 60.7 Å². The van der Waals surface area contributed by atoms with E-state index in [2.05, 4.69) is 0 Å². The van der Waals surface area contributed by atoms with E-state index in [1.165, 1.54) is 25.3 Å². The third-order valence-corrected chi connectivity index (χ3v) is 9.75. The lowest BCUT2D eigenvalue weighted by molar-refractivity contribution is -0.120. The number of hydrogen-bond acceptors (Lipinski definition) is 12. The van der Waals surface area contributed by atoms with Crippen molar-refractivity contribution in [1.29, 1.82) is 0 Å². The lowest BCUT2D eigenvalue weighted by Crippen LogP contribution is -2.50. The van der Waals surface area contributed by atoms with Gasteiger partial charge in [0.2, 0.25) is 0 Å². The van der Waals surface area contributed by atoms with Crippen LogP contribution in [0.5, 0.6) is 23.0 Å². The van der Waals surface area contributed by atoms with Crippen LogP contribution in [0.1, 0.15) is 55.3 Å². The molecule has 2 heterocycles. The highest BCUT2D eigenvalue weighted by Crippen LogP contribution is 2.27. The average Bonchev–Trinajstić information content (AvgIpc) is 3.57. The highest BCUT2D eigenvalue weighted by Gasteiger charge is 2.22. The van der Waals surface area contributed by atoms with Gasteiger partial charge in [-0.3, -0.25) is 24.3 Å². The first-order chi connectivity index (χ1) is 36.4. The molecule has 0 aromatic heterocycles. The third-order valence-electron chi connectivity index (χ3n) is 9.45. The van der Waals surface area contributed by atoms with E-state index in [1.54, 1.807) is 53.8 Å². The van der Waals surface area contributed by atoms with Crippen molar-refractivity contribution in [3.63, 3.8) is 0 Å². The molecule has 2 unspecified atom stereocenters. The Bertz CT molecular complexity index is 2630. The second kappa shape index (κ2) is 27.6. The summed E-state index contributed by atoms with van der Waals surface area (Å²) in [5, 5.41) is 22.6. The summed E-state index contributed by atoms with van der Waals surface area (Å²) in [6.07, 6.45) is -2.63. The fourth-order valence-corrected chi connectivity index (χ4v) is 6.21. The largest absolute Gasteiger partial charge is 0.493 e. The molecule has 0 radical (unpaired) electrons. The molecule has 0 saturated carbocycles. The first kappa shape index (κ1) is 32.2. The van der Waals surface area contributed by atoms with E-state index in [-0.39, 0.29) is 30.4 Å². The number of aliphatic hydroxyl groups is 2. The number of nitrogens with one attached hydrogen (secondary N) is 1. The van der Waals surface area contributed by atoms with Crippen LogP contribution >= 0.6 is 11.6 Å². The smallest absolute Gasteiger partial charge is 0.161 e. The van der Waals surface area contributed by atoms with Crippen molar-refractivity contribution in [3.05, 3.63) is 118 Å². The highest BCUT2D eigenvalue weighted by molar-refractivity contribution is 6.27. The van der Waals surface area contributed by atoms with Crippen LogP contribution in [0, 0.1) is 27.7 Å². The first-order valence-corrected chi connectivity index (χ1v) is 20.6. The number of Topliss-reactive ketones (excluding diaryl/α,β-unsaturated/α-hetero) is 2. The quantitative estimate of drug-likeness (QED) is 0.103. The van der Waals surface area contributed by atoms with Crippen LogP contribution < -0.4 is 24.3 Å². The zero-order valence-electron chi connectivity index (χ0n) is 52.5. The molecule has 4 aromatic carbocycles. The minimum atomic E-state index is -3.15. The molecule has 0 amide bonds. The van der Waals surface area contributed by atoms with Gasteiger partial charge in [-0.25, -0.2) is 0 Å². The number of alkyl halides is 1. The van der Waals surface area contributed by atoms with Crippen molar-refractivity contribution in [2.45, 2.75) is 52.7 Å². The molecule has 0 aliphatic carbocycles. The molecule has 3 N–H and O–H groups in total. The van der Waals surface area contributed by atoms with Crippen LogP contribution in [0.25, 0.3) is 0 Å². The number of aliphatic hydroxyl groups excluding tert-OH is 2. The molecule has 0 spiro atoms. The van der Waals surface area contributed by atoms with Crippen molar-refractivity contribution in [2.75, 3.05) is 105 Å². The highest BCUT2D eigenvalue weighted by atomic mass is 35.5. The summed E-state index contributed by atoms with van der Waals surface area (Å²) in [5.74, 6) is 0.976. The summed E-state index contributed by atoms with van der Waals surface area (Å²) in [6.45, 7) is -19.7. The van der Waals surface area contributed by atoms with Gasteiger partial charge in [0, 0.05) is 99.8 Å². The molecule has 12 nitrogen and oxygen atoms in total. The Labute approximate surface area is 402 Å². The molecule has 2 aliphatic heterocycles. The summed E-state index contributed by atoms with van der Waals surface area (Å²) in [7, 11) is 2.87. The molecule has 2 fully saturated rings. The van der Waals surface area contributed by atoms with E-state index < -0.39 is 96.2 Å². The van der Waals surface area contributed by atoms with Crippen LogP contribution in [0.15, 0.2) is 84.9 Å². The Morgan fingerprint density at radius 1 is 0.603 bits per heavy atom. The molecular formula is C50H69ClN4O8. The van der Waals surface area contributed by atoms with Gasteiger partial charge in [0.15, 0.2) is 34.6 Å². The Balaban J connectivity index is 0.000000289. The molecule has 6 rings (SSSR count). The van der Waals surface area contributed by atoms with E-state index in [0.717, 1.165) is 16.7 Å². The number of carbonyl (C=O) groups excluding carboxylic acids is 2. The van der Waals surface area contributed by atoms with Crippen molar-refractivity contribution in [2.24, 2.45) is 0 Å². The van der Waals surface area contributed by atoms with E-state index in [0.29, 0.717) is 43.9 Å². The lowest BCUT2D eigenvalue weighted by Gasteiger charge is -2.35. The van der Waals surface area contributed by atoms with Gasteiger partial charge in [-0.15, -0.1) is 11.6 Å². The Morgan fingerprint density at radius 3 is 1.40 bits per heavy atom. The molecule has 63 heavy (non-hydrogen) atoms. The number of ketones is 2. The van der Waals surface area contributed by atoms with Crippen LogP contribution in [-0.2, 0) is 22.4 Å². The first-order valence-electron chi connectivity index (χ1n) is 28.1. The van der Waals surface area contributed by atoms with E-state index in [9.17, 15) is 19.8 Å². The predicted molar refractivity (Wildman–Crippen MR) is 251 cm³/mol. The lowest BCUT2D eigenvalue weighted by atomic mass is 9.98. The third kappa shape index (κ3) is 17.9. The van der Waals surface area contributed by atoms with Gasteiger partial charge in [-0.2, -0.15) is 0 Å². The number of ether oxygens (including phenoxy) is 4. The normalized spacial score (nSPS) is 25.6. The second-order valence-electron chi connectivity index (χ2n) is 14.4. The molecule has 2 aliphatic rings. The van der Waals surface area contributed by atoms with Crippen molar-refractivity contribution >= 4 is 23.2 Å². The number of rotatable bonds is 19. The Morgan fingerprint density at radius 2 is 0.984 bits per heavy atom. The van der Waals surface area contributed by atoms with Crippen LogP contribution in [0.2, 0.25) is 0 Å². The summed E-state index contributed by atoms with van der Waals surface area (Å²) in [4.78, 5) is 25.1. The Kier molecular flexibility index (Phi) is 14.1. The van der Waals surface area contributed by atoms with E-state index in [1.807, 2.05) is 64.1 Å². The van der Waals surface area contributed by atoms with Gasteiger partial charge in [0.25, 0.3) is 0 Å². The summed E-state index contributed by atoms with van der Waals surface area (Å²) in [5.41, 5.74) is 5.81. The summed E-state index contributed by atoms with van der Waals surface area (Å²) >= 11 is 5.46. The van der Waals surface area contributed by atoms with Crippen LogP contribution in [0.4, 0.5) is 0 Å². The maximum Gasteiger partial charge on any atom is 0.161 e. The fourth-order valence-electron chi connectivity index (χ4n) is 6.11. The number of methoxy groups -OCH3 is 2. The minimum absolute atomic E-state index is 0.0825. The maximum absolute atomic E-state index is 13.0. The SMILES string of the molecule is Cc1cccc(C)c1CC(=O)CCl.[2H]C1([2H])N(CC(=O)Cc2c(C)cccc2C)C([2H])([2H])C([2H])([2H])N(CC(O)COc2ccccc2OC)C1([2H])[2H].[2H]C1([2H])NC([2H])([2H])C([2H])([2H])N(CC(O)COc2ccccc2OC)C1([2H])[2H]. The number of benzene rings is 4. The number of piperazine rings is 2. The van der Waals surface area contributed by atoms with Gasteiger partial charge < -0.3 is 34.5 Å². The fraction of sp³-hybridized carbons (Fsp3) is 0.480. The number of para-hydroxylation sites is 4. The predicted octanol–water partition coefficient (Wildman–Crippen LogP) is 5.48. The molecule has 4 aromatic rings. The molecule has 0 bridgehead atoms. The van der Waals surface area contributed by atoms with Crippen molar-refractivity contribution in [1.82, 2.24) is 20.0 Å². The molecule has 344 valence electrons. The number of hydrogen-bond donors (Lipinski definition) is 3. The van der Waals surface area contributed by atoms with Crippen LogP contribution in [-0.4, -0.2) is 154 Å². The topological polar surface area (TPSA) is 133 Å². The summed E-state index contributed by atoms with van der Waals surface area (Å²) < 4.78 is 152. The number of nitrogens with zero attached hydrogens (tertiary/aromatic N) is 3. The number of carbonyl (C=O) groups is 2. The molecular weight excluding hydrogens is 820 g/mol. The van der Waals surface area contributed by atoms with Gasteiger partial charge in [0.1, 0.15) is 25.4 Å². The van der Waals surface area contributed by atoms with E-state index in [4.69, 9.17) is 52.5 Å². The number of β-amino-alcohol motifs (C(OH)–C–C–N with tert-alkyl or cyclic N) is 2. The maximum atomic E-state index is 13.0. The zero-order chi connectivity index (χ0) is 59.9. The average molecular weight is 906 g/mol. The molecule has 2 atom stereocenters. The Hall–Kier alpha value is -4.53. The molecule has 13 heteroatoms. The summed E-state index contributed by atoms with van der Waals surface area (Å²) in [6, 6.07) is 24.7. The zero-order valence-corrected chi connectivity index (χ0v) is 37.2. The standard InChI is InChI=1S/C25H34N2O4.C14H22N2O3.C11H13ClO/c1-19-7-6-8-20(2)23(19)15-21(28)16-26-11-13-27(14-12-26)17-22(29)18-31-25-10-5-4-9-24(25)30-3;1-18-13-4-2-3-5-14(13)19-11-12(17)10-16-8-6-15-7-9-16;1-8-4-3-5-9(2)11(8)6-10(13)7-12/h4-10,22,29H,11-18H2,1-3H3;2-5,12,15,17H,6-11H2,1H3;3-5H,6-7H2,1-2H3/i11D2,12D2,13D2,14D2;6D2,7D2,8D2,9D2;. The second-order valence-corrected chi connectivity index (χ2v) is 14.7. The van der Waals surface area contributed by atoms with Gasteiger partial charge in [0.05, 0.1) is 26.6 Å². The monoisotopic (exact) mass is 905 g/mol. The van der Waals surface area contributed by atoms with Gasteiger partial charge in [-0.05, 0) is 85.3 Å². The van der Waals surface area contributed by atoms with E-state index >= 15 is 0 Å². The minimum Gasteiger partial charge on any atom is -0.493 e. The molecule has 2 saturated heterocycles. The van der Waals surface area contributed by atoms with Gasteiger partial charge >= 0.3 is 0 Å².